The van der Waals surface area contributed by atoms with Gasteiger partial charge < -0.3 is 28.9 Å². The summed E-state index contributed by atoms with van der Waals surface area (Å²) >= 11 is 0. The second-order valence-electron chi connectivity index (χ2n) is 14.4. The van der Waals surface area contributed by atoms with E-state index in [0.29, 0.717) is 6.42 Å². The van der Waals surface area contributed by atoms with Crippen LogP contribution in [-0.2, 0) is 43.0 Å². The summed E-state index contributed by atoms with van der Waals surface area (Å²) in [6.07, 6.45) is -3.33. The van der Waals surface area contributed by atoms with Crippen molar-refractivity contribution in [3.63, 3.8) is 0 Å². The number of amides is 3. The number of esters is 3. The largest absolute Gasteiger partial charge is 0.450 e. The van der Waals surface area contributed by atoms with Crippen LogP contribution in [0.5, 0.6) is 0 Å². The van der Waals surface area contributed by atoms with Crippen molar-refractivity contribution in [1.82, 2.24) is 14.7 Å². The maximum Gasteiger partial charge on any atom is 0.329 e. The Balaban J connectivity index is 3.97. The molecule has 0 radical (unpaired) electrons. The lowest BCUT2D eigenvalue weighted by Crippen LogP contribution is -2.58. The predicted octanol–water partition coefficient (Wildman–Crippen LogP) is 3.54. The summed E-state index contributed by atoms with van der Waals surface area (Å²) in [5.41, 5.74) is 0. The summed E-state index contributed by atoms with van der Waals surface area (Å²) in [5, 5.41) is 0. The van der Waals surface area contributed by atoms with E-state index >= 15 is 0 Å². The molecule has 0 saturated carbocycles. The zero-order chi connectivity index (χ0) is 36.0. The molecule has 0 aromatic heterocycles. The fourth-order valence-corrected chi connectivity index (χ4v) is 5.76. The predicted molar refractivity (Wildman–Crippen MR) is 173 cm³/mol. The number of carbonyl (C=O) groups excluding carboxylic acids is 6. The van der Waals surface area contributed by atoms with Crippen LogP contribution in [0.4, 0.5) is 0 Å². The van der Waals surface area contributed by atoms with Gasteiger partial charge in [-0.05, 0) is 35.5 Å². The molecule has 1 saturated heterocycles. The molecule has 0 aromatic carbocycles. The van der Waals surface area contributed by atoms with Gasteiger partial charge in [0.25, 0.3) is 17.7 Å². The number of rotatable bonds is 7. The third-order valence-electron chi connectivity index (χ3n) is 8.74. The Morgan fingerprint density at radius 3 is 0.913 bits per heavy atom. The van der Waals surface area contributed by atoms with Gasteiger partial charge in [-0.3, -0.25) is 14.4 Å². The van der Waals surface area contributed by atoms with E-state index in [2.05, 4.69) is 0 Å². The van der Waals surface area contributed by atoms with Crippen LogP contribution in [-0.4, -0.2) is 108 Å². The van der Waals surface area contributed by atoms with Gasteiger partial charge in [-0.2, -0.15) is 0 Å². The van der Waals surface area contributed by atoms with Gasteiger partial charge >= 0.3 is 17.9 Å². The van der Waals surface area contributed by atoms with E-state index < -0.39 is 102 Å². The standard InChI is InChI=1S/C34H59N3O9/c1-16-22(12)25-34(43)46-27(20(8)9)30(39)36(14)23(17(2)3)32(41)44-26(19(6)7)29(38)35(13)24(18(4)5)33(42)45-28(21(10)11)31(40)37(25)15/h17-28H,16H2,1-15H3/t22-,23+,24+,25-,26-,27-,28-/m1/s1. The molecule has 0 bridgehead atoms. The number of hydrogen-bond donors (Lipinski definition) is 0. The summed E-state index contributed by atoms with van der Waals surface area (Å²) < 4.78 is 17.5. The minimum Gasteiger partial charge on any atom is -0.450 e. The maximum absolute atomic E-state index is 14.0. The molecule has 7 atom stereocenters. The molecule has 12 nitrogen and oxygen atoms in total. The second kappa shape index (κ2) is 17.1. The van der Waals surface area contributed by atoms with Crippen molar-refractivity contribution in [2.24, 2.45) is 35.5 Å². The van der Waals surface area contributed by atoms with E-state index in [0.717, 1.165) is 0 Å². The quantitative estimate of drug-likeness (QED) is 0.298. The lowest BCUT2D eigenvalue weighted by atomic mass is 9.95. The molecule has 264 valence electrons. The molecule has 1 fully saturated rings. The molecule has 0 spiro atoms. The number of ether oxygens (including phenoxy) is 3. The molecule has 0 aromatic rings. The lowest BCUT2D eigenvalue weighted by molar-refractivity contribution is -0.181. The van der Waals surface area contributed by atoms with Crippen LogP contribution in [0.1, 0.15) is 89.5 Å². The number of cyclic esters (lactones) is 3. The summed E-state index contributed by atoms with van der Waals surface area (Å²) in [5.74, 6) is -6.92. The summed E-state index contributed by atoms with van der Waals surface area (Å²) in [4.78, 5) is 86.8. The van der Waals surface area contributed by atoms with Gasteiger partial charge in [-0.15, -0.1) is 0 Å². The molecule has 46 heavy (non-hydrogen) atoms. The molecule has 1 rings (SSSR count). The third kappa shape index (κ3) is 9.44. The highest BCUT2D eigenvalue weighted by Crippen LogP contribution is 2.25. The minimum absolute atomic E-state index is 0.380. The van der Waals surface area contributed by atoms with E-state index in [-0.39, 0.29) is 5.92 Å². The summed E-state index contributed by atoms with van der Waals surface area (Å²) in [6, 6.07) is -3.32. The Morgan fingerprint density at radius 2 is 0.696 bits per heavy atom. The first-order valence-electron chi connectivity index (χ1n) is 16.5. The average Bonchev–Trinajstić information content (AvgIpc) is 2.94. The Morgan fingerprint density at radius 1 is 0.457 bits per heavy atom. The number of carbonyl (C=O) groups is 6. The van der Waals surface area contributed by atoms with Crippen molar-refractivity contribution in [3.8, 4) is 0 Å². The fraction of sp³-hybridized carbons (Fsp3) is 0.824. The van der Waals surface area contributed by atoms with Crippen molar-refractivity contribution in [3.05, 3.63) is 0 Å². The van der Waals surface area contributed by atoms with Crippen LogP contribution in [0, 0.1) is 35.5 Å². The lowest BCUT2D eigenvalue weighted by Gasteiger charge is -2.38. The molecule has 1 aliphatic rings. The Hall–Kier alpha value is -3.18. The SMILES string of the molecule is CC[C@@H](C)[C@@H]1C(=O)O[C@H](C(C)C)C(=O)N(C)[C@@H](C(C)C)C(=O)O[C@H](C(C)C)C(=O)N(C)[C@@H](C(C)C)C(=O)O[C@H](C(C)C)C(=O)N1C. The van der Waals surface area contributed by atoms with Crippen LogP contribution >= 0.6 is 0 Å². The molecule has 0 aliphatic carbocycles. The molecule has 1 heterocycles. The van der Waals surface area contributed by atoms with Gasteiger partial charge in [-0.1, -0.05) is 89.5 Å². The number of likely N-dealkylation sites (N-methyl/N-ethyl adjacent to an activating group) is 3. The third-order valence-corrected chi connectivity index (χ3v) is 8.74. The molecule has 0 unspecified atom stereocenters. The molecule has 0 N–H and O–H groups in total. The normalized spacial score (nSPS) is 27.8. The first-order valence-corrected chi connectivity index (χ1v) is 16.5. The number of nitrogens with zero attached hydrogens (tertiary/aromatic N) is 3. The highest BCUT2D eigenvalue weighted by Gasteiger charge is 2.45. The molecular weight excluding hydrogens is 594 g/mol. The topological polar surface area (TPSA) is 140 Å². The highest BCUT2D eigenvalue weighted by atomic mass is 16.6. The van der Waals surface area contributed by atoms with Crippen molar-refractivity contribution in [1.29, 1.82) is 0 Å². The molecular formula is C34H59N3O9. The van der Waals surface area contributed by atoms with Crippen LogP contribution < -0.4 is 0 Å². The summed E-state index contributed by atoms with van der Waals surface area (Å²) in [7, 11) is 4.33. The maximum atomic E-state index is 14.0. The minimum atomic E-state index is -1.28. The van der Waals surface area contributed by atoms with Gasteiger partial charge in [-0.25, -0.2) is 14.4 Å². The van der Waals surface area contributed by atoms with E-state index in [4.69, 9.17) is 14.2 Å². The van der Waals surface area contributed by atoms with Crippen molar-refractivity contribution in [2.75, 3.05) is 21.1 Å². The Bertz CT molecular complexity index is 1090. The number of hydrogen-bond acceptors (Lipinski definition) is 9. The molecule has 3 amide bonds. The van der Waals surface area contributed by atoms with E-state index in [1.54, 1.807) is 76.2 Å². The summed E-state index contributed by atoms with van der Waals surface area (Å²) in [6.45, 7) is 20.9. The zero-order valence-corrected chi connectivity index (χ0v) is 30.7. The van der Waals surface area contributed by atoms with Gasteiger partial charge in [0.1, 0.15) is 18.1 Å². The van der Waals surface area contributed by atoms with Crippen LogP contribution in [0.3, 0.4) is 0 Å². The van der Waals surface area contributed by atoms with Gasteiger partial charge in [0, 0.05) is 21.1 Å². The van der Waals surface area contributed by atoms with Crippen LogP contribution in [0.25, 0.3) is 0 Å². The highest BCUT2D eigenvalue weighted by molar-refractivity contribution is 5.94. The van der Waals surface area contributed by atoms with Gasteiger partial charge in [0.15, 0.2) is 18.3 Å². The zero-order valence-electron chi connectivity index (χ0n) is 30.7. The van der Waals surface area contributed by atoms with Gasteiger partial charge in [0.2, 0.25) is 0 Å². The van der Waals surface area contributed by atoms with E-state index in [9.17, 15) is 28.8 Å². The fourth-order valence-electron chi connectivity index (χ4n) is 5.76. The Labute approximate surface area is 275 Å². The molecule has 12 heteroatoms. The molecule has 1 aliphatic heterocycles. The van der Waals surface area contributed by atoms with Crippen molar-refractivity contribution >= 4 is 35.6 Å². The Kier molecular flexibility index (Phi) is 15.2. The monoisotopic (exact) mass is 653 g/mol. The van der Waals surface area contributed by atoms with Crippen LogP contribution in [0.15, 0.2) is 0 Å². The average molecular weight is 654 g/mol. The first-order chi connectivity index (χ1) is 21.1. The van der Waals surface area contributed by atoms with Crippen LogP contribution in [0.2, 0.25) is 0 Å². The van der Waals surface area contributed by atoms with Crippen molar-refractivity contribution < 1.29 is 43.0 Å². The first kappa shape index (κ1) is 40.8. The van der Waals surface area contributed by atoms with Crippen molar-refractivity contribution in [2.45, 2.75) is 126 Å². The van der Waals surface area contributed by atoms with E-state index in [1.807, 2.05) is 6.92 Å². The van der Waals surface area contributed by atoms with E-state index in [1.165, 1.54) is 35.8 Å². The van der Waals surface area contributed by atoms with Gasteiger partial charge in [0.05, 0.1) is 0 Å². The second-order valence-corrected chi connectivity index (χ2v) is 14.4. The smallest absolute Gasteiger partial charge is 0.329 e.